The molecule has 2 N–H and O–H groups in total. The Labute approximate surface area is 120 Å². The van der Waals surface area contributed by atoms with Gasteiger partial charge in [0.15, 0.2) is 0 Å². The second-order valence-electron chi connectivity index (χ2n) is 5.65. The summed E-state index contributed by atoms with van der Waals surface area (Å²) in [6.07, 6.45) is 0. The summed E-state index contributed by atoms with van der Waals surface area (Å²) in [5.41, 5.74) is 2.42. The lowest BCUT2D eigenvalue weighted by Crippen LogP contribution is -2.49. The van der Waals surface area contributed by atoms with E-state index in [0.29, 0.717) is 5.56 Å². The van der Waals surface area contributed by atoms with Crippen molar-refractivity contribution in [2.45, 2.75) is 26.8 Å². The van der Waals surface area contributed by atoms with Crippen LogP contribution >= 0.6 is 11.3 Å². The molecule has 0 aliphatic rings. The summed E-state index contributed by atoms with van der Waals surface area (Å²) >= 11 is 1.44. The first-order valence-corrected chi connectivity index (χ1v) is 7.04. The first kappa shape index (κ1) is 14.5. The summed E-state index contributed by atoms with van der Waals surface area (Å²) in [4.78, 5) is 27.6. The zero-order chi connectivity index (χ0) is 14.9. The molecule has 0 aliphatic carbocycles. The number of carboxylic acids is 1. The van der Waals surface area contributed by atoms with Gasteiger partial charge in [-0.2, -0.15) is 0 Å². The first-order chi connectivity index (χ1) is 9.29. The average Bonchev–Trinajstić information content (AvgIpc) is 2.80. The maximum Gasteiger partial charge on any atom is 0.326 e. The van der Waals surface area contributed by atoms with Crippen LogP contribution in [0.25, 0.3) is 10.2 Å². The Kier molecular flexibility index (Phi) is 3.76. The number of hydrogen-bond donors (Lipinski definition) is 2. The van der Waals surface area contributed by atoms with Crippen LogP contribution in [0.2, 0.25) is 0 Å². The largest absolute Gasteiger partial charge is 0.480 e. The van der Waals surface area contributed by atoms with Gasteiger partial charge in [0.1, 0.15) is 6.04 Å². The lowest BCUT2D eigenvalue weighted by Gasteiger charge is -2.27. The van der Waals surface area contributed by atoms with Gasteiger partial charge >= 0.3 is 5.97 Å². The molecule has 0 fully saturated rings. The summed E-state index contributed by atoms with van der Waals surface area (Å²) in [6.45, 7) is 5.33. The Balaban J connectivity index is 2.24. The number of fused-ring (bicyclic) bond motifs is 1. The Morgan fingerprint density at radius 1 is 1.35 bits per heavy atom. The quantitative estimate of drug-likeness (QED) is 0.911. The standard InChI is InChI=1S/C14H16N2O3S/c1-14(2,3)11(13(18)19)16-12(17)8-4-5-9-10(6-8)20-7-15-9/h4-7,11H,1-3H3,(H,16,17)(H,18,19)/t11-/m1/s1. The van der Waals surface area contributed by atoms with E-state index in [0.717, 1.165) is 10.2 Å². The molecule has 5 nitrogen and oxygen atoms in total. The van der Waals surface area contributed by atoms with Gasteiger partial charge in [-0.15, -0.1) is 11.3 Å². The van der Waals surface area contributed by atoms with Gasteiger partial charge in [0.05, 0.1) is 15.7 Å². The van der Waals surface area contributed by atoms with Crippen LogP contribution in [0.5, 0.6) is 0 Å². The molecule has 0 radical (unpaired) electrons. The van der Waals surface area contributed by atoms with E-state index in [2.05, 4.69) is 10.3 Å². The zero-order valence-electron chi connectivity index (χ0n) is 11.5. The van der Waals surface area contributed by atoms with Crippen LogP contribution in [0.15, 0.2) is 23.7 Å². The van der Waals surface area contributed by atoms with Crippen LogP contribution < -0.4 is 5.32 Å². The second-order valence-corrected chi connectivity index (χ2v) is 6.53. The van der Waals surface area contributed by atoms with Gasteiger partial charge in [-0.05, 0) is 23.6 Å². The van der Waals surface area contributed by atoms with Gasteiger partial charge < -0.3 is 10.4 Å². The molecule has 106 valence electrons. The maximum absolute atomic E-state index is 12.2. The molecule has 6 heteroatoms. The zero-order valence-corrected chi connectivity index (χ0v) is 12.3. The fourth-order valence-electron chi connectivity index (χ4n) is 1.86. The van der Waals surface area contributed by atoms with Crippen LogP contribution in [-0.4, -0.2) is 28.0 Å². The highest BCUT2D eigenvalue weighted by Gasteiger charge is 2.32. The van der Waals surface area contributed by atoms with E-state index in [9.17, 15) is 14.7 Å². The molecule has 1 aromatic carbocycles. The lowest BCUT2D eigenvalue weighted by atomic mass is 9.86. The van der Waals surface area contributed by atoms with Crippen molar-refractivity contribution in [2.75, 3.05) is 0 Å². The Morgan fingerprint density at radius 2 is 2.05 bits per heavy atom. The van der Waals surface area contributed by atoms with Crippen LogP contribution in [0.3, 0.4) is 0 Å². The highest BCUT2D eigenvalue weighted by atomic mass is 32.1. The molecule has 2 aromatic rings. The van der Waals surface area contributed by atoms with Gasteiger partial charge in [0.2, 0.25) is 0 Å². The number of carbonyl (C=O) groups is 2. The lowest BCUT2D eigenvalue weighted by molar-refractivity contribution is -0.142. The van der Waals surface area contributed by atoms with Crippen LogP contribution in [0.1, 0.15) is 31.1 Å². The molecular weight excluding hydrogens is 276 g/mol. The number of aromatic nitrogens is 1. The van der Waals surface area contributed by atoms with Crippen molar-refractivity contribution in [3.05, 3.63) is 29.3 Å². The minimum absolute atomic E-state index is 0.386. The Morgan fingerprint density at radius 3 is 2.65 bits per heavy atom. The average molecular weight is 292 g/mol. The molecule has 0 bridgehead atoms. The number of aliphatic carboxylic acids is 1. The van der Waals surface area contributed by atoms with Crippen molar-refractivity contribution < 1.29 is 14.7 Å². The number of amides is 1. The number of hydrogen-bond acceptors (Lipinski definition) is 4. The molecule has 0 spiro atoms. The minimum atomic E-state index is -1.04. The van der Waals surface area contributed by atoms with E-state index >= 15 is 0 Å². The van der Waals surface area contributed by atoms with Crippen LogP contribution in [-0.2, 0) is 4.79 Å². The van der Waals surface area contributed by atoms with Crippen molar-refractivity contribution in [2.24, 2.45) is 5.41 Å². The van der Waals surface area contributed by atoms with E-state index in [4.69, 9.17) is 0 Å². The Bertz CT molecular complexity index is 658. The van der Waals surface area contributed by atoms with E-state index in [1.807, 2.05) is 0 Å². The number of thiazole rings is 1. The van der Waals surface area contributed by atoms with Crippen molar-refractivity contribution in [1.29, 1.82) is 0 Å². The molecule has 0 saturated heterocycles. The third-order valence-electron chi connectivity index (χ3n) is 2.98. The fourth-order valence-corrected chi connectivity index (χ4v) is 2.58. The fraction of sp³-hybridized carbons (Fsp3) is 0.357. The SMILES string of the molecule is CC(C)(C)[C@H](NC(=O)c1ccc2ncsc2c1)C(=O)O. The van der Waals surface area contributed by atoms with E-state index in [1.54, 1.807) is 44.5 Å². The van der Waals surface area contributed by atoms with Gasteiger partial charge in [-0.25, -0.2) is 9.78 Å². The molecule has 1 atom stereocenters. The monoisotopic (exact) mass is 292 g/mol. The topological polar surface area (TPSA) is 79.3 Å². The number of carbonyl (C=O) groups excluding carboxylic acids is 1. The Hall–Kier alpha value is -1.95. The van der Waals surface area contributed by atoms with Crippen molar-refractivity contribution in [1.82, 2.24) is 10.3 Å². The van der Waals surface area contributed by atoms with Crippen molar-refractivity contribution in [3.63, 3.8) is 0 Å². The predicted octanol–water partition coefficient (Wildman–Crippen LogP) is 2.53. The summed E-state index contributed by atoms with van der Waals surface area (Å²) < 4.78 is 0.903. The van der Waals surface area contributed by atoms with Gasteiger partial charge in [-0.1, -0.05) is 20.8 Å². The summed E-state index contributed by atoms with van der Waals surface area (Å²) in [5, 5.41) is 11.8. The van der Waals surface area contributed by atoms with Crippen molar-refractivity contribution in [3.8, 4) is 0 Å². The number of nitrogens with one attached hydrogen (secondary N) is 1. The van der Waals surface area contributed by atoms with Gasteiger partial charge in [-0.3, -0.25) is 4.79 Å². The maximum atomic E-state index is 12.2. The predicted molar refractivity (Wildman–Crippen MR) is 78.0 cm³/mol. The molecule has 1 aromatic heterocycles. The second kappa shape index (κ2) is 5.20. The summed E-state index contributed by atoms with van der Waals surface area (Å²) in [7, 11) is 0. The van der Waals surface area contributed by atoms with E-state index in [1.165, 1.54) is 11.3 Å². The third kappa shape index (κ3) is 2.96. The molecule has 1 amide bonds. The molecular formula is C14H16N2O3S. The molecule has 20 heavy (non-hydrogen) atoms. The number of carboxylic acid groups (broad SMARTS) is 1. The summed E-state index contributed by atoms with van der Waals surface area (Å²) in [5.74, 6) is -1.42. The normalized spacial score (nSPS) is 13.2. The molecule has 0 aliphatic heterocycles. The summed E-state index contributed by atoms with van der Waals surface area (Å²) in [6, 6.07) is 4.20. The number of rotatable bonds is 3. The number of nitrogens with zero attached hydrogens (tertiary/aromatic N) is 1. The smallest absolute Gasteiger partial charge is 0.326 e. The van der Waals surface area contributed by atoms with Crippen LogP contribution in [0, 0.1) is 5.41 Å². The first-order valence-electron chi connectivity index (χ1n) is 6.16. The van der Waals surface area contributed by atoms with E-state index < -0.39 is 17.4 Å². The molecule has 0 saturated carbocycles. The molecule has 0 unspecified atom stereocenters. The highest BCUT2D eigenvalue weighted by Crippen LogP contribution is 2.22. The molecule has 1 heterocycles. The third-order valence-corrected chi connectivity index (χ3v) is 3.77. The number of benzene rings is 1. The van der Waals surface area contributed by atoms with Crippen LogP contribution in [0.4, 0.5) is 0 Å². The molecule has 2 rings (SSSR count). The van der Waals surface area contributed by atoms with Crippen molar-refractivity contribution >= 4 is 33.4 Å². The minimum Gasteiger partial charge on any atom is -0.480 e. The highest BCUT2D eigenvalue weighted by molar-refractivity contribution is 7.16. The van der Waals surface area contributed by atoms with E-state index in [-0.39, 0.29) is 5.91 Å². The van der Waals surface area contributed by atoms with Gasteiger partial charge in [0, 0.05) is 5.56 Å². The van der Waals surface area contributed by atoms with Gasteiger partial charge in [0.25, 0.3) is 5.91 Å².